The van der Waals surface area contributed by atoms with E-state index in [4.69, 9.17) is 4.74 Å². The molecule has 1 aromatic heterocycles. The average molecular weight is 304 g/mol. The molecule has 0 aromatic carbocycles. The number of ether oxygens (including phenoxy) is 1. The van der Waals surface area contributed by atoms with Gasteiger partial charge in [0, 0.05) is 24.0 Å². The second kappa shape index (κ2) is 5.73. The van der Waals surface area contributed by atoms with E-state index in [1.165, 1.54) is 0 Å². The minimum absolute atomic E-state index is 0.105. The molecule has 1 amide bonds. The molecule has 1 saturated heterocycles. The number of nitrogens with zero attached hydrogens (tertiary/aromatic N) is 2. The number of hydrogen-bond acceptors (Lipinski definition) is 4. The zero-order valence-electron chi connectivity index (χ0n) is 12.6. The molecule has 4 nitrogen and oxygen atoms in total. The third kappa shape index (κ3) is 3.09. The molecule has 1 fully saturated rings. The van der Waals surface area contributed by atoms with Crippen LogP contribution in [0.1, 0.15) is 31.0 Å². The Labute approximate surface area is 129 Å². The van der Waals surface area contributed by atoms with Crippen LogP contribution in [-0.4, -0.2) is 41.1 Å². The second-order valence-electron chi connectivity index (χ2n) is 5.75. The van der Waals surface area contributed by atoms with E-state index in [1.807, 2.05) is 37.1 Å². The highest BCUT2D eigenvalue weighted by atomic mass is 32.1. The second-order valence-corrected chi connectivity index (χ2v) is 6.81. The lowest BCUT2D eigenvalue weighted by atomic mass is 10.1. The lowest BCUT2D eigenvalue weighted by Gasteiger charge is -2.35. The highest BCUT2D eigenvalue weighted by Gasteiger charge is 2.28. The summed E-state index contributed by atoms with van der Waals surface area (Å²) < 4.78 is 5.69. The van der Waals surface area contributed by atoms with Crippen molar-refractivity contribution in [3.8, 4) is 0 Å². The summed E-state index contributed by atoms with van der Waals surface area (Å²) in [5, 5.41) is 3.10. The predicted molar refractivity (Wildman–Crippen MR) is 84.1 cm³/mol. The molecule has 1 aliphatic heterocycles. The number of thiazole rings is 1. The van der Waals surface area contributed by atoms with Gasteiger partial charge in [0.15, 0.2) is 0 Å². The molecule has 0 spiro atoms. The molecule has 0 bridgehead atoms. The number of hydrogen-bond donors (Lipinski definition) is 0. The summed E-state index contributed by atoms with van der Waals surface area (Å²) in [4.78, 5) is 19.0. The maximum atomic E-state index is 12.6. The van der Waals surface area contributed by atoms with Gasteiger partial charge in [0.1, 0.15) is 0 Å². The SMILES string of the molecule is Cc1nc(C2=CCC(C(=O)N3CC(C)OC(C)C3)=C2)cs1. The lowest BCUT2D eigenvalue weighted by molar-refractivity contribution is -0.139. The Kier molecular flexibility index (Phi) is 3.95. The van der Waals surface area contributed by atoms with Crippen LogP contribution in [0.15, 0.2) is 23.1 Å². The maximum Gasteiger partial charge on any atom is 0.250 e. The minimum atomic E-state index is 0.105. The normalized spacial score (nSPS) is 25.8. The molecular formula is C16H20N2O2S. The molecule has 2 unspecified atom stereocenters. The number of carbonyl (C=O) groups excluding carboxylic acids is 1. The fraction of sp³-hybridized carbons (Fsp3) is 0.500. The zero-order chi connectivity index (χ0) is 15.0. The average Bonchev–Trinajstić information content (AvgIpc) is 3.05. The molecule has 112 valence electrons. The van der Waals surface area contributed by atoms with E-state index in [1.54, 1.807) is 11.3 Å². The maximum absolute atomic E-state index is 12.6. The molecule has 5 heteroatoms. The minimum Gasteiger partial charge on any atom is -0.372 e. The number of allylic oxidation sites excluding steroid dienone is 3. The summed E-state index contributed by atoms with van der Waals surface area (Å²) in [6.45, 7) is 7.37. The first-order chi connectivity index (χ1) is 10.0. The van der Waals surface area contributed by atoms with Crippen LogP contribution >= 0.6 is 11.3 Å². The first kappa shape index (κ1) is 14.5. The van der Waals surface area contributed by atoms with Crippen LogP contribution in [0.4, 0.5) is 0 Å². The Bertz CT molecular complexity index is 608. The van der Waals surface area contributed by atoms with Gasteiger partial charge in [-0.3, -0.25) is 4.79 Å². The quantitative estimate of drug-likeness (QED) is 0.844. The topological polar surface area (TPSA) is 42.4 Å². The van der Waals surface area contributed by atoms with Crippen molar-refractivity contribution < 1.29 is 9.53 Å². The molecule has 1 aromatic rings. The van der Waals surface area contributed by atoms with Gasteiger partial charge in [0.2, 0.25) is 5.91 Å². The summed E-state index contributed by atoms with van der Waals surface area (Å²) in [5.74, 6) is 0.134. The Morgan fingerprint density at radius 2 is 2.10 bits per heavy atom. The standard InChI is InChI=1S/C16H20N2O2S/c1-10-7-18(8-11(2)20-10)16(19)14-5-4-13(6-14)15-9-21-12(3)17-15/h4,6,9-11H,5,7-8H2,1-3H3. The van der Waals surface area contributed by atoms with Crippen LogP contribution in [0, 0.1) is 6.92 Å². The predicted octanol–water partition coefficient (Wildman–Crippen LogP) is 2.80. The molecule has 2 aliphatic rings. The number of rotatable bonds is 2. The van der Waals surface area contributed by atoms with Crippen LogP contribution in [0.5, 0.6) is 0 Å². The summed E-state index contributed by atoms with van der Waals surface area (Å²) in [5.41, 5.74) is 2.90. The molecular weight excluding hydrogens is 284 g/mol. The number of morpholine rings is 1. The van der Waals surface area contributed by atoms with Crippen molar-refractivity contribution in [2.24, 2.45) is 0 Å². The monoisotopic (exact) mass is 304 g/mol. The van der Waals surface area contributed by atoms with Crippen molar-refractivity contribution in [1.82, 2.24) is 9.88 Å². The van der Waals surface area contributed by atoms with Crippen LogP contribution in [0.25, 0.3) is 5.57 Å². The largest absolute Gasteiger partial charge is 0.372 e. The molecule has 2 atom stereocenters. The highest BCUT2D eigenvalue weighted by Crippen LogP contribution is 2.28. The summed E-state index contributed by atoms with van der Waals surface area (Å²) >= 11 is 1.64. The van der Waals surface area contributed by atoms with Crippen molar-refractivity contribution in [3.05, 3.63) is 33.8 Å². The van der Waals surface area contributed by atoms with E-state index < -0.39 is 0 Å². The van der Waals surface area contributed by atoms with Crippen molar-refractivity contribution in [1.29, 1.82) is 0 Å². The van der Waals surface area contributed by atoms with Crippen molar-refractivity contribution in [3.63, 3.8) is 0 Å². The summed E-state index contributed by atoms with van der Waals surface area (Å²) in [7, 11) is 0. The Hall–Kier alpha value is -1.46. The third-order valence-electron chi connectivity index (χ3n) is 3.77. The fourth-order valence-electron chi connectivity index (χ4n) is 2.90. The van der Waals surface area contributed by atoms with E-state index in [0.717, 1.165) is 21.8 Å². The number of aromatic nitrogens is 1. The number of aryl methyl sites for hydroxylation is 1. The van der Waals surface area contributed by atoms with Gasteiger partial charge in [-0.2, -0.15) is 0 Å². The van der Waals surface area contributed by atoms with Crippen molar-refractivity contribution in [2.75, 3.05) is 13.1 Å². The smallest absolute Gasteiger partial charge is 0.250 e. The first-order valence-corrected chi connectivity index (χ1v) is 8.19. The fourth-order valence-corrected chi connectivity index (χ4v) is 3.52. The van der Waals surface area contributed by atoms with Gasteiger partial charge in [0.25, 0.3) is 0 Å². The molecule has 0 N–H and O–H groups in total. The van der Waals surface area contributed by atoms with Gasteiger partial charge >= 0.3 is 0 Å². The van der Waals surface area contributed by atoms with Gasteiger partial charge in [0.05, 0.1) is 22.9 Å². The van der Waals surface area contributed by atoms with Crippen molar-refractivity contribution in [2.45, 2.75) is 39.4 Å². The van der Waals surface area contributed by atoms with E-state index in [2.05, 4.69) is 11.1 Å². The first-order valence-electron chi connectivity index (χ1n) is 7.31. The van der Waals surface area contributed by atoms with E-state index in [0.29, 0.717) is 19.5 Å². The number of amides is 1. The van der Waals surface area contributed by atoms with E-state index >= 15 is 0 Å². The highest BCUT2D eigenvalue weighted by molar-refractivity contribution is 7.09. The van der Waals surface area contributed by atoms with Gasteiger partial charge in [-0.1, -0.05) is 6.08 Å². The Morgan fingerprint density at radius 3 is 2.71 bits per heavy atom. The van der Waals surface area contributed by atoms with Crippen molar-refractivity contribution >= 4 is 22.8 Å². The summed E-state index contributed by atoms with van der Waals surface area (Å²) in [6, 6.07) is 0. The van der Waals surface area contributed by atoms with Gasteiger partial charge in [-0.05, 0) is 38.8 Å². The molecule has 0 saturated carbocycles. The van der Waals surface area contributed by atoms with Gasteiger partial charge in [-0.15, -0.1) is 11.3 Å². The van der Waals surface area contributed by atoms with E-state index in [-0.39, 0.29) is 18.1 Å². The molecule has 21 heavy (non-hydrogen) atoms. The van der Waals surface area contributed by atoms with Gasteiger partial charge in [-0.25, -0.2) is 4.98 Å². The van der Waals surface area contributed by atoms with Crippen LogP contribution in [-0.2, 0) is 9.53 Å². The molecule has 2 heterocycles. The third-order valence-corrected chi connectivity index (χ3v) is 4.54. The molecule has 3 rings (SSSR count). The molecule has 1 aliphatic carbocycles. The van der Waals surface area contributed by atoms with Crippen LogP contribution in [0.2, 0.25) is 0 Å². The Morgan fingerprint density at radius 1 is 1.38 bits per heavy atom. The van der Waals surface area contributed by atoms with Gasteiger partial charge < -0.3 is 9.64 Å². The summed E-state index contributed by atoms with van der Waals surface area (Å²) in [6.07, 6.45) is 4.99. The Balaban J connectivity index is 1.72. The number of carbonyl (C=O) groups is 1. The van der Waals surface area contributed by atoms with E-state index in [9.17, 15) is 4.79 Å². The molecule has 0 radical (unpaired) electrons. The zero-order valence-corrected chi connectivity index (χ0v) is 13.4. The van der Waals surface area contributed by atoms with Crippen LogP contribution in [0.3, 0.4) is 0 Å². The lowest BCUT2D eigenvalue weighted by Crippen LogP contribution is -2.48. The van der Waals surface area contributed by atoms with Crippen LogP contribution < -0.4 is 0 Å².